The molecule has 0 bridgehead atoms. The van der Waals surface area contributed by atoms with E-state index in [1.807, 2.05) is 55.5 Å². The molecule has 0 radical (unpaired) electrons. The van der Waals surface area contributed by atoms with Gasteiger partial charge < -0.3 is 15.6 Å². The Morgan fingerprint density at radius 2 is 1.74 bits per heavy atom. The number of carboxylic acid groups (broad SMARTS) is 1. The first kappa shape index (κ1) is 29.1. The third-order valence-corrected chi connectivity index (χ3v) is 6.86. The van der Waals surface area contributed by atoms with Crippen LogP contribution in [0.25, 0.3) is 0 Å². The quantitative estimate of drug-likeness (QED) is 0.521. The molecule has 7 heteroatoms. The molecule has 1 amide bonds. The third kappa shape index (κ3) is 6.88. The number of aliphatic imine (C=N–C) groups is 1. The summed E-state index contributed by atoms with van der Waals surface area (Å²) in [6, 6.07) is 15.5. The number of carboxylic acids is 1. The Hall–Kier alpha value is -3.48. The zero-order valence-corrected chi connectivity index (χ0v) is 23.4. The first-order valence-electron chi connectivity index (χ1n) is 13.3. The number of aryl methyl sites for hydroxylation is 1. The summed E-state index contributed by atoms with van der Waals surface area (Å²) in [5.41, 5.74) is 8.09. The summed E-state index contributed by atoms with van der Waals surface area (Å²) >= 11 is 0. The van der Waals surface area contributed by atoms with Crippen molar-refractivity contribution in [3.8, 4) is 0 Å². The summed E-state index contributed by atoms with van der Waals surface area (Å²) in [6.45, 7) is 11.2. The van der Waals surface area contributed by atoms with E-state index in [4.69, 9.17) is 10.7 Å². The highest BCUT2D eigenvalue weighted by atomic mass is 16.4. The number of nitrogens with zero attached hydrogens (tertiary/aromatic N) is 2. The first-order chi connectivity index (χ1) is 17.7. The average Bonchev–Trinajstić information content (AvgIpc) is 3.62. The van der Waals surface area contributed by atoms with Gasteiger partial charge in [-0.2, -0.15) is 0 Å². The van der Waals surface area contributed by atoms with Crippen molar-refractivity contribution in [3.63, 3.8) is 0 Å². The normalized spacial score (nSPS) is 19.2. The highest BCUT2D eigenvalue weighted by Gasteiger charge is 2.49. The molecular weight excluding hydrogens is 478 g/mol. The van der Waals surface area contributed by atoms with Gasteiger partial charge in [0.25, 0.3) is 5.91 Å². The average molecular weight is 519 g/mol. The van der Waals surface area contributed by atoms with Crippen molar-refractivity contribution in [2.75, 3.05) is 0 Å². The molecule has 38 heavy (non-hydrogen) atoms. The highest BCUT2D eigenvalue weighted by molar-refractivity contribution is 6.07. The molecule has 2 aromatic rings. The second-order valence-corrected chi connectivity index (χ2v) is 11.9. The second kappa shape index (κ2) is 11.5. The second-order valence-electron chi connectivity index (χ2n) is 11.9. The van der Waals surface area contributed by atoms with Crippen LogP contribution in [0.15, 0.2) is 53.5 Å². The van der Waals surface area contributed by atoms with Gasteiger partial charge in [-0.1, -0.05) is 77.1 Å². The van der Waals surface area contributed by atoms with E-state index >= 15 is 0 Å². The highest BCUT2D eigenvalue weighted by Crippen LogP contribution is 2.39. The number of hydrogen-bond acceptors (Lipinski definition) is 6. The Labute approximate surface area is 226 Å². The minimum absolute atomic E-state index is 0.101. The van der Waals surface area contributed by atoms with E-state index in [1.54, 1.807) is 25.7 Å². The molecule has 1 saturated carbocycles. The fraction of sp³-hybridized carbons (Fsp3) is 0.484. The van der Waals surface area contributed by atoms with E-state index in [0.29, 0.717) is 25.3 Å². The van der Waals surface area contributed by atoms with Gasteiger partial charge in [0, 0.05) is 23.4 Å². The minimum atomic E-state index is -1.01. The van der Waals surface area contributed by atoms with Crippen LogP contribution in [-0.4, -0.2) is 28.5 Å². The predicted molar refractivity (Wildman–Crippen MR) is 147 cm³/mol. The summed E-state index contributed by atoms with van der Waals surface area (Å²) in [5.74, 6) is 0.132. The molecule has 1 heterocycles. The molecule has 4 rings (SSSR count). The van der Waals surface area contributed by atoms with E-state index in [1.165, 1.54) is 0 Å². The van der Waals surface area contributed by atoms with E-state index in [-0.39, 0.29) is 23.6 Å². The Morgan fingerprint density at radius 1 is 1.13 bits per heavy atom. The van der Waals surface area contributed by atoms with Crippen LogP contribution >= 0.6 is 0 Å². The van der Waals surface area contributed by atoms with Gasteiger partial charge >= 0.3 is 0 Å². The fourth-order valence-corrected chi connectivity index (χ4v) is 4.47. The van der Waals surface area contributed by atoms with Crippen molar-refractivity contribution >= 4 is 23.6 Å². The number of guanidine groups is 1. The molecule has 2 aromatic carbocycles. The summed E-state index contributed by atoms with van der Waals surface area (Å²) in [6.07, 6.45) is 3.50. The lowest BCUT2D eigenvalue weighted by Gasteiger charge is -2.28. The topological polar surface area (TPSA) is 116 Å². The van der Waals surface area contributed by atoms with Crippen molar-refractivity contribution in [1.29, 1.82) is 0 Å². The molecule has 204 valence electrons. The molecular formula is C31H40N3O4-. The number of carbonyl (C=O) groups is 3. The molecule has 7 nitrogen and oxygen atoms in total. The number of benzene rings is 2. The van der Waals surface area contributed by atoms with E-state index in [2.05, 4.69) is 13.8 Å². The van der Waals surface area contributed by atoms with Crippen LogP contribution in [0, 0.1) is 24.2 Å². The van der Waals surface area contributed by atoms with Gasteiger partial charge in [-0.25, -0.2) is 4.99 Å². The summed E-state index contributed by atoms with van der Waals surface area (Å²) < 4.78 is 0. The lowest BCUT2D eigenvalue weighted by molar-refractivity contribution is -0.316. The third-order valence-electron chi connectivity index (χ3n) is 6.86. The van der Waals surface area contributed by atoms with Gasteiger partial charge in [-0.15, -0.1) is 0 Å². The Balaban J connectivity index is 0.000000505. The van der Waals surface area contributed by atoms with Crippen LogP contribution in [0.4, 0.5) is 0 Å². The minimum Gasteiger partial charge on any atom is -0.550 e. The first-order valence-corrected chi connectivity index (χ1v) is 13.3. The molecule has 2 aliphatic rings. The van der Waals surface area contributed by atoms with Crippen molar-refractivity contribution in [2.45, 2.75) is 79.3 Å². The van der Waals surface area contributed by atoms with Crippen molar-refractivity contribution in [2.24, 2.45) is 28.0 Å². The standard InChI is InChI=1S/C26H31N3O2.C5H10O2/c1-17(2)15-26(21-7-5-4-6-8-21)24(31)29(25(27)28-26)16-20-10-9-18(3)22(13-20)23(30)14-19-11-12-19;1-5(2,3)4(6)7/h4-10,13,17,19H,11-12,14-16H2,1-3H3,(H2,27,28);1-3H3,(H,6,7)/p-1. The molecule has 1 aliphatic carbocycles. The van der Waals surface area contributed by atoms with Gasteiger partial charge in [0.05, 0.1) is 6.54 Å². The van der Waals surface area contributed by atoms with Gasteiger partial charge in [0.1, 0.15) is 0 Å². The Kier molecular flexibility index (Phi) is 8.80. The molecule has 0 aromatic heterocycles. The Bertz CT molecular complexity index is 1210. The molecule has 1 fully saturated rings. The smallest absolute Gasteiger partial charge is 0.262 e. The van der Waals surface area contributed by atoms with Crippen molar-refractivity contribution in [3.05, 3.63) is 70.8 Å². The molecule has 2 N–H and O–H groups in total. The molecule has 1 atom stereocenters. The van der Waals surface area contributed by atoms with E-state index < -0.39 is 16.9 Å². The maximum Gasteiger partial charge on any atom is 0.262 e. The maximum atomic E-state index is 13.7. The van der Waals surface area contributed by atoms with Crippen LogP contribution in [-0.2, 0) is 21.7 Å². The monoisotopic (exact) mass is 518 g/mol. The van der Waals surface area contributed by atoms with Crippen LogP contribution in [0.1, 0.15) is 87.4 Å². The molecule has 0 spiro atoms. The van der Waals surface area contributed by atoms with Crippen LogP contribution in [0.3, 0.4) is 0 Å². The predicted octanol–water partition coefficient (Wildman–Crippen LogP) is 4.36. The van der Waals surface area contributed by atoms with Crippen molar-refractivity contribution in [1.82, 2.24) is 4.90 Å². The zero-order valence-electron chi connectivity index (χ0n) is 23.4. The van der Waals surface area contributed by atoms with Crippen molar-refractivity contribution < 1.29 is 19.5 Å². The Morgan fingerprint density at radius 3 is 2.26 bits per heavy atom. The number of carbonyl (C=O) groups excluding carboxylic acids is 3. The lowest BCUT2D eigenvalue weighted by Crippen LogP contribution is -2.43. The van der Waals surface area contributed by atoms with Gasteiger partial charge in [-0.3, -0.25) is 14.5 Å². The largest absolute Gasteiger partial charge is 0.550 e. The number of Topliss-reactive ketones (excluding diaryl/α,β-unsaturated/α-hetero) is 1. The van der Waals surface area contributed by atoms with Crippen LogP contribution in [0.2, 0.25) is 0 Å². The van der Waals surface area contributed by atoms with E-state index in [0.717, 1.165) is 35.1 Å². The molecule has 0 saturated heterocycles. The molecule has 1 unspecified atom stereocenters. The van der Waals surface area contributed by atoms with Crippen LogP contribution < -0.4 is 10.8 Å². The number of amides is 1. The summed E-state index contributed by atoms with van der Waals surface area (Å²) in [5, 5.41) is 9.91. The maximum absolute atomic E-state index is 13.7. The number of aliphatic carboxylic acids is 1. The fourth-order valence-electron chi connectivity index (χ4n) is 4.47. The summed E-state index contributed by atoms with van der Waals surface area (Å²) in [7, 11) is 0. The lowest BCUT2D eigenvalue weighted by atomic mass is 9.82. The van der Waals surface area contributed by atoms with Crippen LogP contribution in [0.5, 0.6) is 0 Å². The molecule has 1 aliphatic heterocycles. The number of rotatable bonds is 8. The number of hydrogen-bond donors (Lipinski definition) is 1. The van der Waals surface area contributed by atoms with Gasteiger partial charge in [0.2, 0.25) is 0 Å². The van der Waals surface area contributed by atoms with Gasteiger partial charge in [0.15, 0.2) is 17.3 Å². The van der Waals surface area contributed by atoms with Gasteiger partial charge in [-0.05, 0) is 60.8 Å². The summed E-state index contributed by atoms with van der Waals surface area (Å²) in [4.78, 5) is 42.6. The number of ketones is 1. The van der Waals surface area contributed by atoms with E-state index in [9.17, 15) is 19.5 Å². The zero-order chi connectivity index (χ0) is 28.3. The number of nitrogens with two attached hydrogens (primary N) is 1. The SMILES string of the molecule is CC(C)(C)C(=O)[O-].Cc1ccc(CN2C(=O)C(CC(C)C)(c3ccccc3)N=C2N)cc1C(=O)CC1CC1.